The van der Waals surface area contributed by atoms with Crippen LogP contribution in [0.1, 0.15) is 93.4 Å². The number of hydrogen-bond donors (Lipinski definition) is 0. The van der Waals surface area contributed by atoms with Gasteiger partial charge in [-0.15, -0.1) is 0 Å². The second-order valence-electron chi connectivity index (χ2n) is 9.17. The molecule has 1 nitrogen and oxygen atoms in total. The van der Waals surface area contributed by atoms with Gasteiger partial charge in [0, 0.05) is 0 Å². The van der Waals surface area contributed by atoms with Gasteiger partial charge in [-0.2, -0.15) is 0 Å². The highest BCUT2D eigenvalue weighted by molar-refractivity contribution is 4.82. The molecule has 0 aromatic carbocycles. The van der Waals surface area contributed by atoms with Crippen LogP contribution in [0.5, 0.6) is 0 Å². The van der Waals surface area contributed by atoms with Gasteiger partial charge in [0.2, 0.25) is 0 Å². The summed E-state index contributed by atoms with van der Waals surface area (Å²) in [6.45, 7) is 16.2. The van der Waals surface area contributed by atoms with Crippen molar-refractivity contribution in [1.82, 2.24) is 0 Å². The van der Waals surface area contributed by atoms with E-state index >= 15 is 0 Å². The lowest BCUT2D eigenvalue weighted by molar-refractivity contribution is -0.0911. The van der Waals surface area contributed by atoms with Crippen molar-refractivity contribution >= 4 is 0 Å². The van der Waals surface area contributed by atoms with Gasteiger partial charge in [0.15, 0.2) is 0 Å². The first kappa shape index (κ1) is 18.0. The van der Waals surface area contributed by atoms with Crippen LogP contribution in [0.15, 0.2) is 0 Å². The van der Waals surface area contributed by atoms with Crippen LogP contribution in [-0.4, -0.2) is 12.2 Å². The molecule has 1 saturated carbocycles. The molecule has 0 amide bonds. The number of ether oxygens (including phenoxy) is 1. The van der Waals surface area contributed by atoms with Crippen molar-refractivity contribution in [1.29, 1.82) is 0 Å². The summed E-state index contributed by atoms with van der Waals surface area (Å²) in [5.41, 5.74) is 0.569. The Kier molecular flexibility index (Phi) is 6.57. The molecule has 0 aromatic heterocycles. The Morgan fingerprint density at radius 2 is 1.55 bits per heavy atom. The molecule has 0 radical (unpaired) electrons. The van der Waals surface area contributed by atoms with Crippen molar-refractivity contribution in [2.75, 3.05) is 0 Å². The maximum absolute atomic E-state index is 6.60. The normalized spacial score (nSPS) is 21.1. The standard InChI is InChI=1S/C19H38O/c1-8-16(13-15-11-9-10-12-15)20-17(19(5,6)7)14-18(2,3)4/h15-17H,8-14H2,1-7H3. The molecular formula is C19H38O. The van der Waals surface area contributed by atoms with E-state index in [0.29, 0.717) is 17.6 Å². The third kappa shape index (κ3) is 6.61. The minimum Gasteiger partial charge on any atom is -0.374 e. The Balaban J connectivity index is 2.60. The zero-order valence-electron chi connectivity index (χ0n) is 15.1. The second kappa shape index (κ2) is 7.29. The second-order valence-corrected chi connectivity index (χ2v) is 9.17. The molecule has 0 spiro atoms. The molecule has 20 heavy (non-hydrogen) atoms. The highest BCUT2D eigenvalue weighted by Gasteiger charge is 2.32. The predicted octanol–water partition coefficient (Wildman–Crippen LogP) is 6.21. The van der Waals surface area contributed by atoms with E-state index in [0.717, 1.165) is 18.8 Å². The summed E-state index contributed by atoms with van der Waals surface area (Å²) in [5, 5.41) is 0. The highest BCUT2D eigenvalue weighted by atomic mass is 16.5. The monoisotopic (exact) mass is 282 g/mol. The fourth-order valence-electron chi connectivity index (χ4n) is 3.28. The molecule has 0 aromatic rings. The van der Waals surface area contributed by atoms with Gasteiger partial charge in [0.1, 0.15) is 0 Å². The minimum absolute atomic E-state index is 0.233. The lowest BCUT2D eigenvalue weighted by Gasteiger charge is -2.38. The molecule has 1 aliphatic carbocycles. The van der Waals surface area contributed by atoms with Gasteiger partial charge >= 0.3 is 0 Å². The van der Waals surface area contributed by atoms with Crippen molar-refractivity contribution in [3.63, 3.8) is 0 Å². The molecule has 120 valence electrons. The van der Waals surface area contributed by atoms with E-state index in [1.807, 2.05) is 0 Å². The summed E-state index contributed by atoms with van der Waals surface area (Å²) >= 11 is 0. The minimum atomic E-state index is 0.233. The fraction of sp³-hybridized carbons (Fsp3) is 1.00. The largest absolute Gasteiger partial charge is 0.374 e. The van der Waals surface area contributed by atoms with Gasteiger partial charge in [-0.05, 0) is 36.0 Å². The maximum Gasteiger partial charge on any atom is 0.0632 e. The fourth-order valence-corrected chi connectivity index (χ4v) is 3.28. The van der Waals surface area contributed by atoms with Crippen LogP contribution in [0.2, 0.25) is 0 Å². The molecule has 0 N–H and O–H groups in total. The molecule has 1 rings (SSSR count). The topological polar surface area (TPSA) is 9.23 Å². The van der Waals surface area contributed by atoms with Crippen molar-refractivity contribution in [3.05, 3.63) is 0 Å². The summed E-state index contributed by atoms with van der Waals surface area (Å²) < 4.78 is 6.60. The molecule has 0 heterocycles. The first-order chi connectivity index (χ1) is 9.12. The first-order valence-electron chi connectivity index (χ1n) is 8.77. The van der Waals surface area contributed by atoms with Gasteiger partial charge in [-0.25, -0.2) is 0 Å². The van der Waals surface area contributed by atoms with Gasteiger partial charge < -0.3 is 4.74 Å². The molecule has 0 bridgehead atoms. The highest BCUT2D eigenvalue weighted by Crippen LogP contribution is 2.36. The van der Waals surface area contributed by atoms with Crippen molar-refractivity contribution < 1.29 is 4.74 Å². The van der Waals surface area contributed by atoms with Crippen LogP contribution >= 0.6 is 0 Å². The summed E-state index contributed by atoms with van der Waals surface area (Å²) in [6, 6.07) is 0. The molecule has 2 atom stereocenters. The van der Waals surface area contributed by atoms with E-state index in [1.165, 1.54) is 32.1 Å². The van der Waals surface area contributed by atoms with E-state index in [-0.39, 0.29) is 5.41 Å². The number of hydrogen-bond acceptors (Lipinski definition) is 1. The number of rotatable bonds is 6. The van der Waals surface area contributed by atoms with Crippen molar-refractivity contribution in [2.45, 2.75) is 106 Å². The Morgan fingerprint density at radius 3 is 1.95 bits per heavy atom. The average molecular weight is 283 g/mol. The van der Waals surface area contributed by atoms with E-state index in [1.54, 1.807) is 0 Å². The quantitative estimate of drug-likeness (QED) is 0.562. The molecule has 1 fully saturated rings. The first-order valence-corrected chi connectivity index (χ1v) is 8.77. The van der Waals surface area contributed by atoms with Crippen LogP contribution in [0.3, 0.4) is 0 Å². The van der Waals surface area contributed by atoms with Crippen LogP contribution in [0.4, 0.5) is 0 Å². The van der Waals surface area contributed by atoms with Gasteiger partial charge in [0.05, 0.1) is 12.2 Å². The summed E-state index contributed by atoms with van der Waals surface area (Å²) in [5.74, 6) is 0.926. The van der Waals surface area contributed by atoms with Crippen LogP contribution < -0.4 is 0 Å². The summed E-state index contributed by atoms with van der Waals surface area (Å²) in [7, 11) is 0. The van der Waals surface area contributed by atoms with E-state index in [9.17, 15) is 0 Å². The smallest absolute Gasteiger partial charge is 0.0632 e. The molecule has 1 aliphatic rings. The van der Waals surface area contributed by atoms with Gasteiger partial charge in [0.25, 0.3) is 0 Å². The molecule has 0 saturated heterocycles. The Morgan fingerprint density at radius 1 is 1.00 bits per heavy atom. The SMILES string of the molecule is CCC(CC1CCCC1)OC(CC(C)(C)C)C(C)(C)C. The zero-order chi connectivity index (χ0) is 15.4. The molecule has 2 unspecified atom stereocenters. The van der Waals surface area contributed by atoms with Crippen molar-refractivity contribution in [3.8, 4) is 0 Å². The van der Waals surface area contributed by atoms with Gasteiger partial charge in [-0.1, -0.05) is 74.1 Å². The predicted molar refractivity (Wildman–Crippen MR) is 89.1 cm³/mol. The average Bonchev–Trinajstić information content (AvgIpc) is 2.76. The lowest BCUT2D eigenvalue weighted by atomic mass is 9.78. The lowest BCUT2D eigenvalue weighted by Crippen LogP contribution is -2.36. The van der Waals surface area contributed by atoms with E-state index in [2.05, 4.69) is 48.5 Å². The molecular weight excluding hydrogens is 244 g/mol. The van der Waals surface area contributed by atoms with Crippen LogP contribution in [0, 0.1) is 16.7 Å². The molecule has 1 heteroatoms. The third-order valence-electron chi connectivity index (χ3n) is 4.65. The Labute approximate surface area is 127 Å². The van der Waals surface area contributed by atoms with Crippen LogP contribution in [0.25, 0.3) is 0 Å². The maximum atomic E-state index is 6.60. The van der Waals surface area contributed by atoms with Gasteiger partial charge in [-0.3, -0.25) is 0 Å². The van der Waals surface area contributed by atoms with Crippen LogP contribution in [-0.2, 0) is 4.74 Å². The third-order valence-corrected chi connectivity index (χ3v) is 4.65. The summed E-state index contributed by atoms with van der Waals surface area (Å²) in [6.07, 6.45) is 10.2. The van der Waals surface area contributed by atoms with Crippen molar-refractivity contribution in [2.24, 2.45) is 16.7 Å². The zero-order valence-corrected chi connectivity index (χ0v) is 15.1. The van der Waals surface area contributed by atoms with E-state index in [4.69, 9.17) is 4.74 Å². The molecule has 0 aliphatic heterocycles. The Hall–Kier alpha value is -0.0400. The Bertz CT molecular complexity index is 262. The van der Waals surface area contributed by atoms with E-state index < -0.39 is 0 Å². The summed E-state index contributed by atoms with van der Waals surface area (Å²) in [4.78, 5) is 0.